The van der Waals surface area contributed by atoms with Crippen LogP contribution < -0.4 is 0 Å². The summed E-state index contributed by atoms with van der Waals surface area (Å²) in [7, 11) is 0. The van der Waals surface area contributed by atoms with Gasteiger partial charge < -0.3 is 4.74 Å². The van der Waals surface area contributed by atoms with E-state index in [9.17, 15) is 4.79 Å². The number of carbonyl (C=O) groups excluding carboxylic acids is 1. The molecule has 0 radical (unpaired) electrons. The van der Waals surface area contributed by atoms with Crippen LogP contribution in [0.5, 0.6) is 0 Å². The van der Waals surface area contributed by atoms with Crippen molar-refractivity contribution in [3.05, 3.63) is 12.7 Å². The second-order valence-corrected chi connectivity index (χ2v) is 2.76. The first kappa shape index (κ1) is 10.2. The zero-order valence-corrected chi connectivity index (χ0v) is 7.30. The molecule has 0 aromatic carbocycles. The highest BCUT2D eigenvalue weighted by Crippen LogP contribution is 2.07. The highest BCUT2D eigenvalue weighted by molar-refractivity contribution is 5.65. The smallest absolute Gasteiger partial charge is 0.302 e. The lowest BCUT2D eigenvalue weighted by atomic mass is 10.1. The molecule has 0 bridgehead atoms. The average Bonchev–Trinajstić information content (AvgIpc) is 1.87. The molecule has 0 N–H and O–H groups in total. The molecule has 11 heavy (non-hydrogen) atoms. The molecule has 0 saturated heterocycles. The lowest BCUT2D eigenvalue weighted by molar-refractivity contribution is -0.141. The quantitative estimate of drug-likeness (QED) is 0.450. The summed E-state index contributed by atoms with van der Waals surface area (Å²) >= 11 is 0. The summed E-state index contributed by atoms with van der Waals surface area (Å²) in [6, 6.07) is 0. The van der Waals surface area contributed by atoms with E-state index in [0.29, 0.717) is 12.5 Å². The molecule has 1 unspecified atom stereocenters. The number of rotatable bonds is 5. The minimum atomic E-state index is -0.198. The van der Waals surface area contributed by atoms with Crippen LogP contribution in [-0.4, -0.2) is 12.6 Å². The van der Waals surface area contributed by atoms with Gasteiger partial charge in [-0.2, -0.15) is 0 Å². The number of ether oxygens (including phenoxy) is 1. The van der Waals surface area contributed by atoms with Gasteiger partial charge in [0, 0.05) is 6.92 Å². The molecular formula is C9H16O2. The Bertz CT molecular complexity index is 130. The van der Waals surface area contributed by atoms with Crippen molar-refractivity contribution in [1.82, 2.24) is 0 Å². The van der Waals surface area contributed by atoms with Gasteiger partial charge in [0.1, 0.15) is 0 Å². The van der Waals surface area contributed by atoms with Gasteiger partial charge in [0.05, 0.1) is 6.61 Å². The van der Waals surface area contributed by atoms with Crippen LogP contribution in [0.15, 0.2) is 12.7 Å². The third-order valence-electron chi connectivity index (χ3n) is 1.49. The molecular weight excluding hydrogens is 140 g/mol. The summed E-state index contributed by atoms with van der Waals surface area (Å²) in [5.74, 6) is 0.364. The van der Waals surface area contributed by atoms with Crippen molar-refractivity contribution in [1.29, 1.82) is 0 Å². The normalized spacial score (nSPS) is 12.2. The van der Waals surface area contributed by atoms with Crippen molar-refractivity contribution in [2.75, 3.05) is 6.61 Å². The van der Waals surface area contributed by atoms with Crippen LogP contribution in [-0.2, 0) is 9.53 Å². The van der Waals surface area contributed by atoms with Gasteiger partial charge in [-0.1, -0.05) is 13.0 Å². The number of carbonyl (C=O) groups is 1. The molecule has 0 fully saturated rings. The number of esters is 1. The van der Waals surface area contributed by atoms with E-state index >= 15 is 0 Å². The fourth-order valence-corrected chi connectivity index (χ4v) is 0.806. The summed E-state index contributed by atoms with van der Waals surface area (Å²) in [4.78, 5) is 10.3. The molecule has 0 amide bonds. The predicted octanol–water partition coefficient (Wildman–Crippen LogP) is 2.15. The molecule has 0 saturated carbocycles. The molecule has 0 heterocycles. The van der Waals surface area contributed by atoms with Crippen molar-refractivity contribution < 1.29 is 9.53 Å². The third kappa shape index (κ3) is 7.10. The van der Waals surface area contributed by atoms with Gasteiger partial charge in [0.25, 0.3) is 0 Å². The van der Waals surface area contributed by atoms with Crippen LogP contribution in [0, 0.1) is 5.92 Å². The summed E-state index contributed by atoms with van der Waals surface area (Å²) in [6.07, 6.45) is 3.80. The Balaban J connectivity index is 3.23. The molecule has 0 aliphatic rings. The highest BCUT2D eigenvalue weighted by Gasteiger charge is 1.99. The molecule has 0 spiro atoms. The number of hydrogen-bond acceptors (Lipinski definition) is 2. The lowest BCUT2D eigenvalue weighted by Crippen LogP contribution is -2.04. The van der Waals surface area contributed by atoms with E-state index in [0.717, 1.165) is 12.8 Å². The second-order valence-electron chi connectivity index (χ2n) is 2.76. The lowest BCUT2D eigenvalue weighted by Gasteiger charge is -2.07. The molecule has 0 aromatic rings. The molecule has 0 aliphatic heterocycles. The Kier molecular flexibility index (Phi) is 5.53. The zero-order valence-electron chi connectivity index (χ0n) is 7.30. The molecule has 1 atom stereocenters. The first-order valence-corrected chi connectivity index (χ1v) is 3.91. The van der Waals surface area contributed by atoms with Gasteiger partial charge in [0.15, 0.2) is 0 Å². The van der Waals surface area contributed by atoms with Crippen LogP contribution in [0.1, 0.15) is 26.7 Å². The fraction of sp³-hybridized carbons (Fsp3) is 0.667. The van der Waals surface area contributed by atoms with Gasteiger partial charge in [-0.25, -0.2) is 0 Å². The van der Waals surface area contributed by atoms with Crippen molar-refractivity contribution in [2.45, 2.75) is 26.7 Å². The van der Waals surface area contributed by atoms with E-state index in [4.69, 9.17) is 4.74 Å². The molecule has 2 nitrogen and oxygen atoms in total. The Morgan fingerprint density at radius 2 is 2.36 bits per heavy atom. The van der Waals surface area contributed by atoms with E-state index < -0.39 is 0 Å². The summed E-state index contributed by atoms with van der Waals surface area (Å²) in [5.41, 5.74) is 0. The number of allylic oxidation sites excluding steroid dienone is 1. The van der Waals surface area contributed by atoms with E-state index in [1.807, 2.05) is 6.08 Å². The van der Waals surface area contributed by atoms with Gasteiger partial charge in [-0.3, -0.25) is 4.79 Å². The number of hydrogen-bond donors (Lipinski definition) is 0. The Morgan fingerprint density at radius 1 is 1.73 bits per heavy atom. The van der Waals surface area contributed by atoms with Crippen LogP contribution >= 0.6 is 0 Å². The van der Waals surface area contributed by atoms with E-state index in [1.165, 1.54) is 6.92 Å². The third-order valence-corrected chi connectivity index (χ3v) is 1.49. The minimum Gasteiger partial charge on any atom is -0.466 e. The van der Waals surface area contributed by atoms with E-state index in [-0.39, 0.29) is 5.97 Å². The van der Waals surface area contributed by atoms with Crippen molar-refractivity contribution >= 4 is 5.97 Å². The standard InChI is InChI=1S/C9H16O2/c1-4-5-8(2)6-7-11-9(3)10/h4,8H,1,5-7H2,2-3H3. The first-order valence-electron chi connectivity index (χ1n) is 3.91. The van der Waals surface area contributed by atoms with Crippen LogP contribution in [0.25, 0.3) is 0 Å². The topological polar surface area (TPSA) is 26.3 Å². The summed E-state index contributed by atoms with van der Waals surface area (Å²) in [6.45, 7) is 7.71. The Hall–Kier alpha value is -0.790. The van der Waals surface area contributed by atoms with Crippen molar-refractivity contribution in [3.63, 3.8) is 0 Å². The molecule has 2 heteroatoms. The van der Waals surface area contributed by atoms with Gasteiger partial charge in [0.2, 0.25) is 0 Å². The fourth-order valence-electron chi connectivity index (χ4n) is 0.806. The van der Waals surface area contributed by atoms with Gasteiger partial charge >= 0.3 is 5.97 Å². The first-order chi connectivity index (χ1) is 5.16. The highest BCUT2D eigenvalue weighted by atomic mass is 16.5. The summed E-state index contributed by atoms with van der Waals surface area (Å²) < 4.78 is 4.79. The molecule has 0 aromatic heterocycles. The molecule has 64 valence electrons. The van der Waals surface area contributed by atoms with Gasteiger partial charge in [-0.15, -0.1) is 6.58 Å². The van der Waals surface area contributed by atoms with Crippen LogP contribution in [0.3, 0.4) is 0 Å². The predicted molar refractivity (Wildman–Crippen MR) is 45.2 cm³/mol. The van der Waals surface area contributed by atoms with Gasteiger partial charge in [-0.05, 0) is 18.8 Å². The minimum absolute atomic E-state index is 0.198. The van der Waals surface area contributed by atoms with Crippen LogP contribution in [0.2, 0.25) is 0 Å². The molecule has 0 rings (SSSR count). The van der Waals surface area contributed by atoms with Crippen molar-refractivity contribution in [3.8, 4) is 0 Å². The Morgan fingerprint density at radius 3 is 2.82 bits per heavy atom. The second kappa shape index (κ2) is 5.96. The largest absolute Gasteiger partial charge is 0.466 e. The SMILES string of the molecule is C=CCC(C)CCOC(C)=O. The maximum absolute atomic E-state index is 10.3. The monoisotopic (exact) mass is 156 g/mol. The van der Waals surface area contributed by atoms with E-state index in [2.05, 4.69) is 13.5 Å². The maximum Gasteiger partial charge on any atom is 0.302 e. The van der Waals surface area contributed by atoms with Crippen molar-refractivity contribution in [2.24, 2.45) is 5.92 Å². The Labute approximate surface area is 68.2 Å². The van der Waals surface area contributed by atoms with Crippen LogP contribution in [0.4, 0.5) is 0 Å². The average molecular weight is 156 g/mol. The van der Waals surface area contributed by atoms with E-state index in [1.54, 1.807) is 0 Å². The summed E-state index contributed by atoms with van der Waals surface area (Å²) in [5, 5.41) is 0. The maximum atomic E-state index is 10.3. The molecule has 0 aliphatic carbocycles. The zero-order chi connectivity index (χ0) is 8.69.